The van der Waals surface area contributed by atoms with Crippen molar-refractivity contribution in [2.75, 3.05) is 6.61 Å². The van der Waals surface area contributed by atoms with Gasteiger partial charge in [0.15, 0.2) is 0 Å². The Morgan fingerprint density at radius 3 is 2.50 bits per heavy atom. The van der Waals surface area contributed by atoms with Gasteiger partial charge < -0.3 is 17.7 Å². The molecule has 0 aliphatic heterocycles. The average Bonchev–Trinajstić information content (AvgIpc) is 2.39. The standard InChI is InChI=1S/C13H12BF3NO.K/c15-14(16,17)11-4-3-6-13(10-11)19-9-7-12-5-1-2-8-18-12;/h1-6,8,10H,7,9H2;/q-1;+1. The maximum absolute atomic E-state index is 12.6. The van der Waals surface area contributed by atoms with Gasteiger partial charge in [-0.05, 0) is 24.3 Å². The van der Waals surface area contributed by atoms with E-state index in [1.807, 2.05) is 12.1 Å². The number of halogens is 3. The zero-order valence-corrected chi connectivity index (χ0v) is 14.2. The Kier molecular flexibility index (Phi) is 7.25. The van der Waals surface area contributed by atoms with E-state index in [0.717, 1.165) is 17.8 Å². The molecule has 0 saturated carbocycles. The Morgan fingerprint density at radius 2 is 1.85 bits per heavy atom. The van der Waals surface area contributed by atoms with E-state index in [4.69, 9.17) is 4.74 Å². The smallest absolute Gasteiger partial charge is 0.493 e. The molecule has 0 spiro atoms. The normalized spacial score (nSPS) is 10.8. The molecule has 0 fully saturated rings. The average molecular weight is 305 g/mol. The van der Waals surface area contributed by atoms with Crippen LogP contribution in [0, 0.1) is 0 Å². The Bertz CT molecular complexity index is 537. The van der Waals surface area contributed by atoms with Gasteiger partial charge in [-0.3, -0.25) is 4.98 Å². The van der Waals surface area contributed by atoms with Crippen molar-refractivity contribution in [2.24, 2.45) is 0 Å². The zero-order chi connectivity index (χ0) is 13.7. The predicted molar refractivity (Wildman–Crippen MR) is 68.6 cm³/mol. The zero-order valence-electron chi connectivity index (χ0n) is 11.1. The Balaban J connectivity index is 0.00000200. The molecule has 1 aromatic carbocycles. The van der Waals surface area contributed by atoms with Crippen molar-refractivity contribution >= 4 is 12.4 Å². The minimum Gasteiger partial charge on any atom is -0.493 e. The molecule has 0 atom stereocenters. The van der Waals surface area contributed by atoms with Gasteiger partial charge in [0.1, 0.15) is 5.75 Å². The second-order valence-corrected chi connectivity index (χ2v) is 4.07. The Morgan fingerprint density at radius 1 is 1.05 bits per heavy atom. The molecule has 0 unspecified atom stereocenters. The summed E-state index contributed by atoms with van der Waals surface area (Å²) >= 11 is 0. The van der Waals surface area contributed by atoms with Gasteiger partial charge in [0, 0.05) is 18.3 Å². The molecule has 2 rings (SSSR count). The summed E-state index contributed by atoms with van der Waals surface area (Å²) in [7, 11) is 0. The van der Waals surface area contributed by atoms with Crippen molar-refractivity contribution in [2.45, 2.75) is 6.42 Å². The Hall–Kier alpha value is -0.339. The van der Waals surface area contributed by atoms with Crippen LogP contribution in [0.15, 0.2) is 48.7 Å². The molecule has 0 aliphatic rings. The minimum absolute atomic E-state index is 0. The number of pyridine rings is 1. The number of aromatic nitrogens is 1. The van der Waals surface area contributed by atoms with Crippen LogP contribution < -0.4 is 61.6 Å². The first-order valence-electron chi connectivity index (χ1n) is 5.88. The molecule has 0 saturated heterocycles. The van der Waals surface area contributed by atoms with E-state index in [9.17, 15) is 12.9 Å². The van der Waals surface area contributed by atoms with Gasteiger partial charge >= 0.3 is 58.4 Å². The van der Waals surface area contributed by atoms with Gasteiger partial charge in [-0.25, -0.2) is 0 Å². The van der Waals surface area contributed by atoms with E-state index in [0.29, 0.717) is 13.0 Å². The van der Waals surface area contributed by atoms with Crippen LogP contribution in [0.2, 0.25) is 0 Å². The minimum atomic E-state index is -4.98. The molecule has 0 radical (unpaired) electrons. The van der Waals surface area contributed by atoms with Gasteiger partial charge in [-0.15, -0.1) is 5.46 Å². The van der Waals surface area contributed by atoms with E-state index >= 15 is 0 Å². The van der Waals surface area contributed by atoms with Gasteiger partial charge in [0.25, 0.3) is 0 Å². The summed E-state index contributed by atoms with van der Waals surface area (Å²) in [5.41, 5.74) is 0.203. The van der Waals surface area contributed by atoms with E-state index < -0.39 is 12.4 Å². The van der Waals surface area contributed by atoms with E-state index in [-0.39, 0.29) is 57.1 Å². The first kappa shape index (κ1) is 17.7. The molecule has 0 amide bonds. The number of hydrogen-bond donors (Lipinski definition) is 0. The van der Waals surface area contributed by atoms with Crippen molar-refractivity contribution in [1.82, 2.24) is 4.98 Å². The number of benzene rings is 1. The Labute approximate surface area is 158 Å². The van der Waals surface area contributed by atoms with Crippen LogP contribution in [-0.2, 0) is 6.42 Å². The summed E-state index contributed by atoms with van der Waals surface area (Å²) in [6, 6.07) is 10.4. The second-order valence-electron chi connectivity index (χ2n) is 4.07. The molecular weight excluding hydrogens is 293 g/mol. The molecule has 2 aromatic rings. The predicted octanol–water partition coefficient (Wildman–Crippen LogP) is -0.239. The molecule has 0 bridgehead atoms. The first-order chi connectivity index (χ1) is 9.05. The van der Waals surface area contributed by atoms with Gasteiger partial charge in [0.05, 0.1) is 6.61 Å². The van der Waals surface area contributed by atoms with E-state index in [1.165, 1.54) is 12.1 Å². The van der Waals surface area contributed by atoms with Crippen LogP contribution in [0.4, 0.5) is 12.9 Å². The summed E-state index contributed by atoms with van der Waals surface area (Å²) < 4.78 is 43.0. The van der Waals surface area contributed by atoms with E-state index in [1.54, 1.807) is 12.3 Å². The van der Waals surface area contributed by atoms with Crippen LogP contribution in [0.3, 0.4) is 0 Å². The SMILES string of the molecule is F[B-](F)(F)c1cccc(OCCc2ccccn2)c1.[K+]. The topological polar surface area (TPSA) is 22.1 Å². The molecule has 1 aromatic heterocycles. The largest absolute Gasteiger partial charge is 1.00 e. The number of hydrogen-bond acceptors (Lipinski definition) is 2. The van der Waals surface area contributed by atoms with Gasteiger partial charge in [0.2, 0.25) is 0 Å². The second kappa shape index (κ2) is 8.19. The fourth-order valence-electron chi connectivity index (χ4n) is 1.63. The summed E-state index contributed by atoms with van der Waals surface area (Å²) in [4.78, 5) is 4.11. The number of rotatable bonds is 5. The summed E-state index contributed by atoms with van der Waals surface area (Å²) in [6.45, 7) is -4.69. The van der Waals surface area contributed by atoms with Crippen molar-refractivity contribution < 1.29 is 69.1 Å². The summed E-state index contributed by atoms with van der Waals surface area (Å²) in [5.74, 6) is 0.229. The molecule has 100 valence electrons. The third kappa shape index (κ3) is 5.57. The maximum atomic E-state index is 12.6. The molecule has 0 N–H and O–H groups in total. The quantitative estimate of drug-likeness (QED) is 0.712. The van der Waals surface area contributed by atoms with Crippen molar-refractivity contribution in [3.05, 3.63) is 54.4 Å². The fraction of sp³-hybridized carbons (Fsp3) is 0.154. The molecule has 20 heavy (non-hydrogen) atoms. The van der Waals surface area contributed by atoms with E-state index in [2.05, 4.69) is 4.98 Å². The molecular formula is C13H12BF3KNO. The fourth-order valence-corrected chi connectivity index (χ4v) is 1.63. The van der Waals surface area contributed by atoms with Crippen LogP contribution >= 0.6 is 0 Å². The van der Waals surface area contributed by atoms with Crippen molar-refractivity contribution in [3.63, 3.8) is 0 Å². The third-order valence-corrected chi connectivity index (χ3v) is 2.59. The van der Waals surface area contributed by atoms with Crippen molar-refractivity contribution in [3.8, 4) is 5.75 Å². The summed E-state index contributed by atoms with van der Waals surface area (Å²) in [5, 5.41) is 0. The number of ether oxygens (including phenoxy) is 1. The van der Waals surface area contributed by atoms with Gasteiger partial charge in [-0.1, -0.05) is 18.2 Å². The van der Waals surface area contributed by atoms with Crippen LogP contribution in [0.1, 0.15) is 5.69 Å². The maximum Gasteiger partial charge on any atom is 1.00 e. The van der Waals surface area contributed by atoms with Gasteiger partial charge in [-0.2, -0.15) is 0 Å². The van der Waals surface area contributed by atoms with Crippen molar-refractivity contribution in [1.29, 1.82) is 0 Å². The number of nitrogens with zero attached hydrogens (tertiary/aromatic N) is 1. The molecule has 2 nitrogen and oxygen atoms in total. The molecule has 1 heterocycles. The third-order valence-electron chi connectivity index (χ3n) is 2.59. The summed E-state index contributed by atoms with van der Waals surface area (Å²) in [6.07, 6.45) is 2.23. The van der Waals surface area contributed by atoms with Crippen LogP contribution in [0.5, 0.6) is 5.75 Å². The first-order valence-corrected chi connectivity index (χ1v) is 5.88. The molecule has 0 aliphatic carbocycles. The monoisotopic (exact) mass is 305 g/mol. The van der Waals surface area contributed by atoms with Crippen LogP contribution in [-0.4, -0.2) is 18.6 Å². The molecule has 7 heteroatoms. The van der Waals surface area contributed by atoms with Crippen LogP contribution in [0.25, 0.3) is 0 Å².